The molecule has 0 unspecified atom stereocenters. The Morgan fingerprint density at radius 3 is 2.68 bits per heavy atom. The SMILES string of the molecule is O=c1cc(-c2ccccc2Cl)[nH]n1-c1cc(C(O)O)ccn1. The molecule has 3 N–H and O–H groups in total. The van der Waals surface area contributed by atoms with E-state index < -0.39 is 6.29 Å². The number of hydrogen-bond donors (Lipinski definition) is 3. The van der Waals surface area contributed by atoms with Crippen molar-refractivity contribution in [3.63, 3.8) is 0 Å². The number of pyridine rings is 1. The molecule has 0 radical (unpaired) electrons. The van der Waals surface area contributed by atoms with E-state index in [0.29, 0.717) is 16.3 Å². The number of aliphatic hydroxyl groups excluding tert-OH is 1. The van der Waals surface area contributed by atoms with E-state index in [1.165, 1.54) is 29.1 Å². The first-order valence-electron chi connectivity index (χ1n) is 6.45. The van der Waals surface area contributed by atoms with Gasteiger partial charge in [0, 0.05) is 28.4 Å². The highest BCUT2D eigenvalue weighted by atomic mass is 35.5. The average Bonchev–Trinajstić information content (AvgIpc) is 2.89. The minimum absolute atomic E-state index is 0.241. The van der Waals surface area contributed by atoms with Gasteiger partial charge in [-0.15, -0.1) is 0 Å². The standard InChI is InChI=1S/C15H12ClN3O3/c16-11-4-2-1-3-10(11)12-8-14(20)19(18-12)13-7-9(15(21)22)5-6-17-13/h1-8,15,18,21-22H. The van der Waals surface area contributed by atoms with Gasteiger partial charge in [0.05, 0.1) is 5.69 Å². The second-order valence-corrected chi connectivity index (χ2v) is 5.05. The maximum absolute atomic E-state index is 12.1. The molecule has 0 fully saturated rings. The molecular weight excluding hydrogens is 306 g/mol. The number of nitrogens with one attached hydrogen (secondary N) is 1. The van der Waals surface area contributed by atoms with Crippen LogP contribution in [0.1, 0.15) is 11.9 Å². The van der Waals surface area contributed by atoms with E-state index in [4.69, 9.17) is 11.6 Å². The third-order valence-corrected chi connectivity index (χ3v) is 3.51. The molecule has 1 aromatic carbocycles. The van der Waals surface area contributed by atoms with Gasteiger partial charge in [-0.2, -0.15) is 0 Å². The zero-order valence-corrected chi connectivity index (χ0v) is 12.0. The van der Waals surface area contributed by atoms with Gasteiger partial charge >= 0.3 is 0 Å². The summed E-state index contributed by atoms with van der Waals surface area (Å²) in [5, 5.41) is 21.8. The van der Waals surface area contributed by atoms with Gasteiger partial charge in [0.1, 0.15) is 0 Å². The Hall–Kier alpha value is -2.41. The zero-order valence-electron chi connectivity index (χ0n) is 11.3. The number of aliphatic hydroxyl groups is 2. The zero-order chi connectivity index (χ0) is 15.7. The summed E-state index contributed by atoms with van der Waals surface area (Å²) in [7, 11) is 0. The summed E-state index contributed by atoms with van der Waals surface area (Å²) in [5.41, 5.74) is 1.16. The lowest BCUT2D eigenvalue weighted by atomic mass is 10.1. The summed E-state index contributed by atoms with van der Waals surface area (Å²) in [6.07, 6.45) is -0.234. The average molecular weight is 318 g/mol. The van der Waals surface area contributed by atoms with Crippen LogP contribution in [-0.2, 0) is 0 Å². The van der Waals surface area contributed by atoms with Gasteiger partial charge in [0.25, 0.3) is 5.56 Å². The molecule has 22 heavy (non-hydrogen) atoms. The van der Waals surface area contributed by atoms with E-state index >= 15 is 0 Å². The lowest BCUT2D eigenvalue weighted by Crippen LogP contribution is -2.15. The third kappa shape index (κ3) is 2.67. The maximum Gasteiger partial charge on any atom is 0.273 e. The molecule has 3 rings (SSSR count). The Balaban J connectivity index is 2.09. The fraction of sp³-hybridized carbons (Fsp3) is 0.0667. The van der Waals surface area contributed by atoms with Crippen molar-refractivity contribution in [2.24, 2.45) is 0 Å². The van der Waals surface area contributed by atoms with Gasteiger partial charge in [-0.3, -0.25) is 9.89 Å². The van der Waals surface area contributed by atoms with E-state index in [0.717, 1.165) is 0 Å². The van der Waals surface area contributed by atoms with Crippen LogP contribution in [0.5, 0.6) is 0 Å². The van der Waals surface area contributed by atoms with Crippen LogP contribution in [-0.4, -0.2) is 25.0 Å². The van der Waals surface area contributed by atoms with E-state index in [-0.39, 0.29) is 16.9 Å². The largest absolute Gasteiger partial charge is 0.364 e. The van der Waals surface area contributed by atoms with E-state index in [1.807, 2.05) is 6.07 Å². The summed E-state index contributed by atoms with van der Waals surface area (Å²) >= 11 is 6.12. The number of rotatable bonds is 3. The summed E-state index contributed by atoms with van der Waals surface area (Å²) < 4.78 is 1.21. The first-order valence-corrected chi connectivity index (χ1v) is 6.83. The fourth-order valence-electron chi connectivity index (χ4n) is 2.10. The minimum Gasteiger partial charge on any atom is -0.364 e. The highest BCUT2D eigenvalue weighted by Gasteiger charge is 2.11. The molecule has 2 aromatic heterocycles. The number of benzene rings is 1. The number of H-pyrrole nitrogens is 1. The van der Waals surface area contributed by atoms with Crippen LogP contribution in [0.15, 0.2) is 53.5 Å². The van der Waals surface area contributed by atoms with Crippen molar-refractivity contribution >= 4 is 11.6 Å². The van der Waals surface area contributed by atoms with Crippen molar-refractivity contribution in [2.45, 2.75) is 6.29 Å². The van der Waals surface area contributed by atoms with Crippen LogP contribution in [0.4, 0.5) is 0 Å². The van der Waals surface area contributed by atoms with Crippen molar-refractivity contribution in [2.75, 3.05) is 0 Å². The molecule has 0 atom stereocenters. The quantitative estimate of drug-likeness (QED) is 0.643. The molecule has 0 aliphatic rings. The number of halogens is 1. The van der Waals surface area contributed by atoms with Gasteiger partial charge < -0.3 is 10.2 Å². The Labute approximate surface area is 130 Å². The summed E-state index contributed by atoms with van der Waals surface area (Å²) in [4.78, 5) is 16.2. The van der Waals surface area contributed by atoms with Gasteiger partial charge in [0.2, 0.25) is 0 Å². The molecule has 0 saturated carbocycles. The van der Waals surface area contributed by atoms with E-state index in [9.17, 15) is 15.0 Å². The first kappa shape index (κ1) is 14.5. The number of aromatic amines is 1. The second kappa shape index (κ2) is 5.76. The molecule has 0 amide bonds. The molecule has 2 heterocycles. The predicted molar refractivity (Wildman–Crippen MR) is 81.8 cm³/mol. The predicted octanol–water partition coefficient (Wildman–Crippen LogP) is 1.86. The Bertz CT molecular complexity index is 870. The van der Waals surface area contributed by atoms with Crippen molar-refractivity contribution in [1.82, 2.24) is 14.8 Å². The topological polar surface area (TPSA) is 91.1 Å². The molecule has 112 valence electrons. The monoisotopic (exact) mass is 317 g/mol. The highest BCUT2D eigenvalue weighted by molar-refractivity contribution is 6.33. The Morgan fingerprint density at radius 1 is 1.18 bits per heavy atom. The minimum atomic E-state index is -1.63. The molecule has 0 spiro atoms. The molecule has 0 bridgehead atoms. The van der Waals surface area contributed by atoms with Crippen molar-refractivity contribution in [3.8, 4) is 17.1 Å². The van der Waals surface area contributed by atoms with Crippen LogP contribution in [0, 0.1) is 0 Å². The van der Waals surface area contributed by atoms with Gasteiger partial charge in [-0.25, -0.2) is 9.67 Å². The van der Waals surface area contributed by atoms with Crippen LogP contribution < -0.4 is 5.56 Å². The van der Waals surface area contributed by atoms with Gasteiger partial charge in [0.15, 0.2) is 12.1 Å². The lowest BCUT2D eigenvalue weighted by molar-refractivity contribution is -0.0425. The van der Waals surface area contributed by atoms with Crippen molar-refractivity contribution < 1.29 is 10.2 Å². The van der Waals surface area contributed by atoms with Crippen molar-refractivity contribution in [3.05, 3.63) is 69.6 Å². The van der Waals surface area contributed by atoms with E-state index in [1.54, 1.807) is 18.2 Å². The third-order valence-electron chi connectivity index (χ3n) is 3.18. The number of aromatic nitrogens is 3. The van der Waals surface area contributed by atoms with Gasteiger partial charge in [-0.1, -0.05) is 29.8 Å². The van der Waals surface area contributed by atoms with Crippen LogP contribution in [0.2, 0.25) is 5.02 Å². The normalized spacial score (nSPS) is 11.1. The fourth-order valence-corrected chi connectivity index (χ4v) is 2.34. The molecule has 0 aliphatic carbocycles. The summed E-state index contributed by atoms with van der Waals surface area (Å²) in [5.74, 6) is 0.258. The Kier molecular flexibility index (Phi) is 3.81. The molecule has 3 aromatic rings. The molecule has 6 nitrogen and oxygen atoms in total. The maximum atomic E-state index is 12.1. The molecule has 0 aliphatic heterocycles. The Morgan fingerprint density at radius 2 is 1.95 bits per heavy atom. The van der Waals surface area contributed by atoms with Crippen LogP contribution in [0.25, 0.3) is 17.1 Å². The lowest BCUT2D eigenvalue weighted by Gasteiger charge is -2.06. The first-order chi connectivity index (χ1) is 10.6. The smallest absolute Gasteiger partial charge is 0.273 e. The van der Waals surface area contributed by atoms with Gasteiger partial charge in [-0.05, 0) is 18.2 Å². The molecule has 7 heteroatoms. The second-order valence-electron chi connectivity index (χ2n) is 4.64. The molecular formula is C15H12ClN3O3. The van der Waals surface area contributed by atoms with E-state index in [2.05, 4.69) is 10.1 Å². The van der Waals surface area contributed by atoms with Crippen LogP contribution >= 0.6 is 11.6 Å². The summed E-state index contributed by atoms with van der Waals surface area (Å²) in [6, 6.07) is 11.4. The van der Waals surface area contributed by atoms with Crippen molar-refractivity contribution in [1.29, 1.82) is 0 Å². The van der Waals surface area contributed by atoms with Crippen LogP contribution in [0.3, 0.4) is 0 Å². The summed E-state index contributed by atoms with van der Waals surface area (Å²) in [6.45, 7) is 0. The molecule has 0 saturated heterocycles. The number of nitrogens with zero attached hydrogens (tertiary/aromatic N) is 2. The number of hydrogen-bond acceptors (Lipinski definition) is 4. The highest BCUT2D eigenvalue weighted by Crippen LogP contribution is 2.25.